The maximum Gasteiger partial charge on any atom is 0.190 e. The molecule has 0 atom stereocenters. The summed E-state index contributed by atoms with van der Waals surface area (Å²) in [7, 11) is 0. The minimum absolute atomic E-state index is 0.0189. The van der Waals surface area contributed by atoms with Crippen molar-refractivity contribution >= 4 is 11.6 Å². The van der Waals surface area contributed by atoms with Crippen LogP contribution in [0.25, 0.3) is 0 Å². The average molecular weight is 280 g/mol. The summed E-state index contributed by atoms with van der Waals surface area (Å²) in [4.78, 5) is 24.8. The van der Waals surface area contributed by atoms with Gasteiger partial charge in [-0.15, -0.1) is 0 Å². The van der Waals surface area contributed by atoms with E-state index in [9.17, 15) is 9.59 Å². The molecular weight excluding hydrogens is 260 g/mol. The summed E-state index contributed by atoms with van der Waals surface area (Å²) in [5.41, 5.74) is 3.52. The topological polar surface area (TPSA) is 34.1 Å². The number of allylic oxidation sites excluding steroid dienone is 6. The molecule has 1 aliphatic carbocycles. The zero-order valence-corrected chi connectivity index (χ0v) is 12.8. The summed E-state index contributed by atoms with van der Waals surface area (Å²) in [6.07, 6.45) is 7.50. The van der Waals surface area contributed by atoms with Gasteiger partial charge >= 0.3 is 0 Å². The molecule has 0 saturated carbocycles. The third-order valence-corrected chi connectivity index (χ3v) is 3.63. The summed E-state index contributed by atoms with van der Waals surface area (Å²) >= 11 is 0. The standard InChI is InChI=1S/C19H20O2/c1-13(2)9-5-4-6-10-15-14(3)18(20)16-11-7-8-12-17(16)19(15)21/h4,6-9,11-12H,5,10H2,1-3H3/b6-4+. The van der Waals surface area contributed by atoms with E-state index in [-0.39, 0.29) is 11.6 Å². The highest BCUT2D eigenvalue weighted by Crippen LogP contribution is 2.27. The van der Waals surface area contributed by atoms with Crippen LogP contribution in [0, 0.1) is 0 Å². The smallest absolute Gasteiger partial charge is 0.190 e. The first kappa shape index (κ1) is 15.2. The van der Waals surface area contributed by atoms with Gasteiger partial charge in [0.25, 0.3) is 0 Å². The van der Waals surface area contributed by atoms with Gasteiger partial charge in [0.15, 0.2) is 11.6 Å². The predicted molar refractivity (Wildman–Crippen MR) is 85.6 cm³/mol. The maximum atomic E-state index is 12.5. The normalized spacial score (nSPS) is 14.6. The number of carbonyl (C=O) groups is 2. The summed E-state index contributed by atoms with van der Waals surface area (Å²) in [6.45, 7) is 5.86. The van der Waals surface area contributed by atoms with Crippen LogP contribution in [-0.4, -0.2) is 11.6 Å². The van der Waals surface area contributed by atoms with Gasteiger partial charge in [-0.1, -0.05) is 48.1 Å². The molecule has 1 aliphatic rings. The molecule has 21 heavy (non-hydrogen) atoms. The van der Waals surface area contributed by atoms with Gasteiger partial charge in [0.05, 0.1) is 0 Å². The highest BCUT2D eigenvalue weighted by atomic mass is 16.1. The van der Waals surface area contributed by atoms with E-state index in [2.05, 4.69) is 19.9 Å². The van der Waals surface area contributed by atoms with Crippen LogP contribution in [0.1, 0.15) is 54.3 Å². The van der Waals surface area contributed by atoms with Crippen molar-refractivity contribution in [3.63, 3.8) is 0 Å². The van der Waals surface area contributed by atoms with E-state index in [0.717, 1.165) is 6.42 Å². The van der Waals surface area contributed by atoms with Gasteiger partial charge in [0, 0.05) is 22.3 Å². The fourth-order valence-electron chi connectivity index (χ4n) is 2.40. The Morgan fingerprint density at radius 1 is 1.00 bits per heavy atom. The van der Waals surface area contributed by atoms with E-state index in [4.69, 9.17) is 0 Å². The van der Waals surface area contributed by atoms with E-state index in [1.54, 1.807) is 31.2 Å². The molecule has 0 aromatic heterocycles. The largest absolute Gasteiger partial charge is 0.289 e. The van der Waals surface area contributed by atoms with Crippen LogP contribution >= 0.6 is 0 Å². The first-order valence-electron chi connectivity index (χ1n) is 7.19. The fraction of sp³-hybridized carbons (Fsp3) is 0.263. The second-order valence-corrected chi connectivity index (χ2v) is 5.50. The molecule has 2 nitrogen and oxygen atoms in total. The number of benzene rings is 1. The van der Waals surface area contributed by atoms with Crippen molar-refractivity contribution in [2.45, 2.75) is 33.6 Å². The Morgan fingerprint density at radius 2 is 1.62 bits per heavy atom. The predicted octanol–water partition coefficient (Wildman–Crippen LogP) is 4.68. The van der Waals surface area contributed by atoms with Crippen molar-refractivity contribution in [1.82, 2.24) is 0 Å². The van der Waals surface area contributed by atoms with Gasteiger partial charge < -0.3 is 0 Å². The van der Waals surface area contributed by atoms with Crippen LogP contribution in [-0.2, 0) is 0 Å². The molecule has 0 unspecified atom stereocenters. The molecule has 2 heteroatoms. The summed E-state index contributed by atoms with van der Waals surface area (Å²) in [5.74, 6) is -0.0486. The van der Waals surface area contributed by atoms with Crippen LogP contribution in [0.3, 0.4) is 0 Å². The number of rotatable bonds is 4. The number of hydrogen-bond acceptors (Lipinski definition) is 2. The van der Waals surface area contributed by atoms with Crippen LogP contribution in [0.4, 0.5) is 0 Å². The molecule has 0 aliphatic heterocycles. The van der Waals surface area contributed by atoms with Crippen molar-refractivity contribution < 1.29 is 9.59 Å². The Kier molecular flexibility index (Phi) is 4.69. The summed E-state index contributed by atoms with van der Waals surface area (Å²) in [5, 5.41) is 0. The maximum absolute atomic E-state index is 12.5. The van der Waals surface area contributed by atoms with Crippen molar-refractivity contribution in [3.05, 3.63) is 70.3 Å². The van der Waals surface area contributed by atoms with Crippen molar-refractivity contribution in [2.24, 2.45) is 0 Å². The summed E-state index contributed by atoms with van der Waals surface area (Å²) < 4.78 is 0. The van der Waals surface area contributed by atoms with Gasteiger partial charge in [-0.05, 0) is 33.6 Å². The number of ketones is 2. The van der Waals surface area contributed by atoms with Crippen LogP contribution in [0.15, 0.2) is 59.2 Å². The first-order valence-corrected chi connectivity index (χ1v) is 7.19. The quantitative estimate of drug-likeness (QED) is 0.750. The molecule has 0 spiro atoms. The van der Waals surface area contributed by atoms with Gasteiger partial charge in [-0.3, -0.25) is 9.59 Å². The molecule has 108 valence electrons. The molecule has 0 heterocycles. The van der Waals surface area contributed by atoms with E-state index in [1.807, 2.05) is 12.2 Å². The van der Waals surface area contributed by atoms with E-state index < -0.39 is 0 Å². The third-order valence-electron chi connectivity index (χ3n) is 3.63. The van der Waals surface area contributed by atoms with Crippen molar-refractivity contribution in [3.8, 4) is 0 Å². The second-order valence-electron chi connectivity index (χ2n) is 5.50. The fourth-order valence-corrected chi connectivity index (χ4v) is 2.40. The average Bonchev–Trinajstić information content (AvgIpc) is 2.47. The lowest BCUT2D eigenvalue weighted by Gasteiger charge is -2.17. The third kappa shape index (κ3) is 3.27. The van der Waals surface area contributed by atoms with E-state index in [1.165, 1.54) is 5.57 Å². The minimum Gasteiger partial charge on any atom is -0.289 e. The molecule has 0 saturated heterocycles. The molecule has 0 fully saturated rings. The Labute approximate surface area is 125 Å². The lowest BCUT2D eigenvalue weighted by atomic mass is 9.83. The van der Waals surface area contributed by atoms with E-state index >= 15 is 0 Å². The summed E-state index contributed by atoms with van der Waals surface area (Å²) in [6, 6.07) is 7.05. The second kappa shape index (κ2) is 6.49. The van der Waals surface area contributed by atoms with Gasteiger partial charge in [-0.25, -0.2) is 0 Å². The molecule has 1 aromatic rings. The van der Waals surface area contributed by atoms with Crippen LogP contribution < -0.4 is 0 Å². The molecule has 0 radical (unpaired) electrons. The Balaban J connectivity index is 2.20. The molecule has 1 aromatic carbocycles. The lowest BCUT2D eigenvalue weighted by molar-refractivity contribution is 0.0973. The molecule has 0 bridgehead atoms. The highest BCUT2D eigenvalue weighted by Gasteiger charge is 2.28. The number of fused-ring (bicyclic) bond motifs is 1. The van der Waals surface area contributed by atoms with Gasteiger partial charge in [0.2, 0.25) is 0 Å². The zero-order chi connectivity index (χ0) is 15.4. The van der Waals surface area contributed by atoms with Crippen LogP contribution in [0.5, 0.6) is 0 Å². The number of Topliss-reactive ketones (excluding diaryl/α,β-unsaturated/α-hetero) is 2. The number of carbonyl (C=O) groups excluding carboxylic acids is 2. The first-order chi connectivity index (χ1) is 10.0. The van der Waals surface area contributed by atoms with Crippen LogP contribution in [0.2, 0.25) is 0 Å². The monoisotopic (exact) mass is 280 g/mol. The Hall–Kier alpha value is -2.22. The van der Waals surface area contributed by atoms with Crippen molar-refractivity contribution in [1.29, 1.82) is 0 Å². The lowest BCUT2D eigenvalue weighted by Crippen LogP contribution is -2.20. The van der Waals surface area contributed by atoms with Gasteiger partial charge in [0.1, 0.15) is 0 Å². The number of hydrogen-bond donors (Lipinski definition) is 0. The van der Waals surface area contributed by atoms with Crippen molar-refractivity contribution in [2.75, 3.05) is 0 Å². The molecule has 0 amide bonds. The zero-order valence-electron chi connectivity index (χ0n) is 12.8. The highest BCUT2D eigenvalue weighted by molar-refractivity contribution is 6.26. The molecule has 2 rings (SSSR count). The SMILES string of the molecule is CC(C)=CC/C=C/CC1=C(C)C(=O)c2ccccc2C1=O. The Morgan fingerprint density at radius 3 is 2.24 bits per heavy atom. The van der Waals surface area contributed by atoms with E-state index in [0.29, 0.717) is 28.7 Å². The van der Waals surface area contributed by atoms with Gasteiger partial charge in [-0.2, -0.15) is 0 Å². The molecule has 0 N–H and O–H groups in total. The Bertz CT molecular complexity index is 669. The minimum atomic E-state index is -0.0297. The molecular formula is C19H20O2.